The molecule has 0 radical (unpaired) electrons. The molecule has 0 aliphatic heterocycles. The maximum atomic E-state index is 12.4. The molecule has 0 bridgehead atoms. The molecule has 7 heteroatoms. The Labute approximate surface area is 160 Å². The van der Waals surface area contributed by atoms with E-state index in [-0.39, 0.29) is 11.5 Å². The molecule has 0 aliphatic carbocycles. The third kappa shape index (κ3) is 2.72. The maximum absolute atomic E-state index is 12.4. The van der Waals surface area contributed by atoms with Crippen LogP contribution in [0.15, 0.2) is 47.3 Å². The monoisotopic (exact) mass is 376 g/mol. The lowest BCUT2D eigenvalue weighted by Crippen LogP contribution is -2.21. The number of nitrogens with zero attached hydrogens (tertiary/aromatic N) is 3. The Balaban J connectivity index is 1.97. The molecule has 4 rings (SSSR count). The van der Waals surface area contributed by atoms with Crippen LogP contribution >= 0.6 is 0 Å². The second kappa shape index (κ2) is 6.53. The smallest absolute Gasteiger partial charge is 0.371 e. The Morgan fingerprint density at radius 3 is 2.61 bits per heavy atom. The number of hydrogen-bond donors (Lipinski definition) is 2. The summed E-state index contributed by atoms with van der Waals surface area (Å²) in [4.78, 5) is 31.2. The topological polar surface area (TPSA) is 92.9 Å². The number of fused-ring (bicyclic) bond motifs is 1. The molecule has 0 unspecified atom stereocenters. The van der Waals surface area contributed by atoms with Gasteiger partial charge in [-0.2, -0.15) is 0 Å². The first-order valence-electron chi connectivity index (χ1n) is 9.00. The van der Waals surface area contributed by atoms with Crippen LogP contribution in [0.4, 0.5) is 0 Å². The highest BCUT2D eigenvalue weighted by molar-refractivity contribution is 5.90. The van der Waals surface area contributed by atoms with Crippen LogP contribution < -0.4 is 5.69 Å². The molecule has 2 N–H and O–H groups in total. The van der Waals surface area contributed by atoms with Gasteiger partial charge in [0, 0.05) is 24.7 Å². The summed E-state index contributed by atoms with van der Waals surface area (Å²) in [5, 5.41) is 9.42. The first-order valence-corrected chi connectivity index (χ1v) is 9.00. The number of carboxylic acid groups (broad SMARTS) is 1. The van der Waals surface area contributed by atoms with E-state index >= 15 is 0 Å². The molecule has 0 atom stereocenters. The summed E-state index contributed by atoms with van der Waals surface area (Å²) >= 11 is 0. The van der Waals surface area contributed by atoms with Crippen molar-refractivity contribution in [1.29, 1.82) is 0 Å². The van der Waals surface area contributed by atoms with E-state index in [9.17, 15) is 14.7 Å². The minimum Gasteiger partial charge on any atom is -0.475 e. The molecule has 0 saturated carbocycles. The van der Waals surface area contributed by atoms with Gasteiger partial charge >= 0.3 is 11.7 Å². The molecular weight excluding hydrogens is 356 g/mol. The van der Waals surface area contributed by atoms with Crippen molar-refractivity contribution in [2.24, 2.45) is 7.05 Å². The van der Waals surface area contributed by atoms with E-state index in [4.69, 9.17) is 0 Å². The van der Waals surface area contributed by atoms with Crippen molar-refractivity contribution in [2.75, 3.05) is 0 Å². The van der Waals surface area contributed by atoms with Crippen LogP contribution in [0.2, 0.25) is 0 Å². The van der Waals surface area contributed by atoms with Gasteiger partial charge in [0.2, 0.25) is 5.82 Å². The largest absolute Gasteiger partial charge is 0.475 e. The van der Waals surface area contributed by atoms with Crippen molar-refractivity contribution >= 4 is 17.0 Å². The summed E-state index contributed by atoms with van der Waals surface area (Å²) in [6.45, 7) is 4.49. The molecule has 142 valence electrons. The van der Waals surface area contributed by atoms with Gasteiger partial charge in [-0.15, -0.1) is 0 Å². The van der Waals surface area contributed by atoms with Gasteiger partial charge < -0.3 is 10.1 Å². The average molecular weight is 376 g/mol. The van der Waals surface area contributed by atoms with Crippen LogP contribution in [-0.2, 0) is 13.6 Å². The van der Waals surface area contributed by atoms with Gasteiger partial charge in [0.05, 0.1) is 22.4 Å². The number of rotatable bonds is 4. The van der Waals surface area contributed by atoms with Gasteiger partial charge in [-0.1, -0.05) is 29.8 Å². The Bertz CT molecular complexity index is 1280. The highest BCUT2D eigenvalue weighted by Gasteiger charge is 2.19. The normalized spacial score (nSPS) is 11.2. The fourth-order valence-corrected chi connectivity index (χ4v) is 3.55. The number of hydrogen-bond acceptors (Lipinski definition) is 3. The third-order valence-corrected chi connectivity index (χ3v) is 4.95. The summed E-state index contributed by atoms with van der Waals surface area (Å²) in [6.07, 6.45) is 0. The number of H-pyrrole nitrogens is 1. The van der Waals surface area contributed by atoms with Gasteiger partial charge in [0.15, 0.2) is 0 Å². The van der Waals surface area contributed by atoms with Gasteiger partial charge in [-0.3, -0.25) is 9.13 Å². The number of aromatic amines is 1. The zero-order chi connectivity index (χ0) is 20.0. The van der Waals surface area contributed by atoms with Crippen molar-refractivity contribution in [1.82, 2.24) is 19.1 Å². The van der Waals surface area contributed by atoms with Crippen molar-refractivity contribution in [3.8, 4) is 22.5 Å². The Kier molecular flexibility index (Phi) is 4.15. The summed E-state index contributed by atoms with van der Waals surface area (Å²) < 4.78 is 3.30. The van der Waals surface area contributed by atoms with E-state index < -0.39 is 5.97 Å². The molecule has 0 amide bonds. The van der Waals surface area contributed by atoms with Crippen molar-refractivity contribution in [3.63, 3.8) is 0 Å². The van der Waals surface area contributed by atoms with Gasteiger partial charge in [0.1, 0.15) is 0 Å². The number of carbonyl (C=O) groups is 1. The molecule has 0 aliphatic rings. The van der Waals surface area contributed by atoms with E-state index in [1.165, 1.54) is 0 Å². The minimum absolute atomic E-state index is 0.0793. The first kappa shape index (κ1) is 17.8. The average Bonchev–Trinajstić information content (AvgIpc) is 3.22. The standard InChI is InChI=1S/C21H20N4O3/c1-4-25-15-9-8-14(11-16(15)24(3)21(25)28)18-17(22-19(23-18)20(26)27)13-7-5-6-12(2)10-13/h5-11H,4H2,1-3H3,(H,22,23)(H,26,27). The first-order chi connectivity index (χ1) is 13.4. The predicted molar refractivity (Wildman–Crippen MR) is 108 cm³/mol. The van der Waals surface area contributed by atoms with E-state index in [2.05, 4.69) is 9.97 Å². The van der Waals surface area contributed by atoms with E-state index in [1.54, 1.807) is 16.2 Å². The molecule has 2 heterocycles. The number of aryl methyl sites for hydroxylation is 3. The molecule has 7 nitrogen and oxygen atoms in total. The molecule has 2 aromatic heterocycles. The number of carboxylic acids is 1. The van der Waals surface area contributed by atoms with Crippen molar-refractivity contribution in [3.05, 3.63) is 64.3 Å². The Morgan fingerprint density at radius 1 is 1.14 bits per heavy atom. The predicted octanol–water partition coefficient (Wildman–Crippen LogP) is 3.42. The SMILES string of the molecule is CCn1c(=O)n(C)c2cc(-c3[nH]c(C(=O)O)nc3-c3cccc(C)c3)ccc21. The van der Waals surface area contributed by atoms with E-state index in [0.29, 0.717) is 17.9 Å². The fourth-order valence-electron chi connectivity index (χ4n) is 3.55. The second-order valence-corrected chi connectivity index (χ2v) is 6.77. The fraction of sp³-hybridized carbons (Fsp3) is 0.190. The van der Waals surface area contributed by atoms with E-state index in [0.717, 1.165) is 27.7 Å². The lowest BCUT2D eigenvalue weighted by atomic mass is 10.0. The van der Waals surface area contributed by atoms with Crippen molar-refractivity contribution < 1.29 is 9.90 Å². The van der Waals surface area contributed by atoms with Crippen LogP contribution in [0.25, 0.3) is 33.5 Å². The molecular formula is C21H20N4O3. The number of imidazole rings is 2. The molecule has 2 aromatic carbocycles. The summed E-state index contributed by atoms with van der Waals surface area (Å²) in [7, 11) is 1.73. The molecule has 0 saturated heterocycles. The zero-order valence-corrected chi connectivity index (χ0v) is 15.9. The van der Waals surface area contributed by atoms with Crippen LogP contribution in [0, 0.1) is 6.92 Å². The van der Waals surface area contributed by atoms with Crippen LogP contribution in [-0.4, -0.2) is 30.2 Å². The summed E-state index contributed by atoms with van der Waals surface area (Å²) in [5.74, 6) is -1.24. The van der Waals surface area contributed by atoms with Gasteiger partial charge in [-0.05, 0) is 32.0 Å². The maximum Gasteiger partial charge on any atom is 0.371 e. The Morgan fingerprint density at radius 2 is 1.93 bits per heavy atom. The molecule has 4 aromatic rings. The number of nitrogens with one attached hydrogen (secondary N) is 1. The lowest BCUT2D eigenvalue weighted by molar-refractivity contribution is 0.0685. The zero-order valence-electron chi connectivity index (χ0n) is 15.9. The quantitative estimate of drug-likeness (QED) is 0.571. The number of aromatic nitrogens is 4. The lowest BCUT2D eigenvalue weighted by Gasteiger charge is -2.06. The molecule has 0 spiro atoms. The van der Waals surface area contributed by atoms with Gasteiger partial charge in [-0.25, -0.2) is 14.6 Å². The number of benzene rings is 2. The summed E-state index contributed by atoms with van der Waals surface area (Å²) in [6, 6.07) is 13.4. The van der Waals surface area contributed by atoms with Crippen molar-refractivity contribution in [2.45, 2.75) is 20.4 Å². The van der Waals surface area contributed by atoms with Crippen LogP contribution in [0.5, 0.6) is 0 Å². The third-order valence-electron chi connectivity index (χ3n) is 4.95. The van der Waals surface area contributed by atoms with Gasteiger partial charge in [0.25, 0.3) is 0 Å². The minimum atomic E-state index is -1.12. The van der Waals surface area contributed by atoms with Crippen LogP contribution in [0.1, 0.15) is 23.1 Å². The number of aromatic carboxylic acids is 1. The highest BCUT2D eigenvalue weighted by Crippen LogP contribution is 2.32. The summed E-state index contributed by atoms with van der Waals surface area (Å²) in [5.41, 5.74) is 5.39. The van der Waals surface area contributed by atoms with E-state index in [1.807, 2.05) is 56.3 Å². The molecule has 28 heavy (non-hydrogen) atoms. The Hall–Kier alpha value is -3.61. The second-order valence-electron chi connectivity index (χ2n) is 6.77. The molecule has 0 fully saturated rings. The van der Waals surface area contributed by atoms with Crippen LogP contribution in [0.3, 0.4) is 0 Å². The highest BCUT2D eigenvalue weighted by atomic mass is 16.4.